The zero-order chi connectivity index (χ0) is 9.84. The van der Waals surface area contributed by atoms with Crippen LogP contribution in [0.25, 0.3) is 5.57 Å². The van der Waals surface area contributed by atoms with Gasteiger partial charge in [0.15, 0.2) is 0 Å². The molecule has 13 heavy (non-hydrogen) atoms. The minimum absolute atomic E-state index is 0.346. The highest BCUT2D eigenvalue weighted by atomic mass is 16.3. The van der Waals surface area contributed by atoms with Gasteiger partial charge in [-0.3, -0.25) is 0 Å². The molecular formula is C12H16O. The molecule has 0 fully saturated rings. The predicted molar refractivity (Wildman–Crippen MR) is 56.8 cm³/mol. The highest BCUT2D eigenvalue weighted by Crippen LogP contribution is 2.28. The molecule has 0 unspecified atom stereocenters. The van der Waals surface area contributed by atoms with Gasteiger partial charge in [-0.25, -0.2) is 0 Å². The summed E-state index contributed by atoms with van der Waals surface area (Å²) in [6, 6.07) is 5.64. The second kappa shape index (κ2) is 4.13. The summed E-state index contributed by atoms with van der Waals surface area (Å²) in [5.74, 6) is 0.346. The van der Waals surface area contributed by atoms with Crippen molar-refractivity contribution in [3.8, 4) is 5.75 Å². The lowest BCUT2D eigenvalue weighted by Gasteiger charge is -2.09. The maximum Gasteiger partial charge on any atom is 0.123 e. The average Bonchev–Trinajstić information content (AvgIpc) is 2.04. The van der Waals surface area contributed by atoms with E-state index in [0.29, 0.717) is 5.75 Å². The quantitative estimate of drug-likeness (QED) is 0.748. The summed E-state index contributed by atoms with van der Waals surface area (Å²) >= 11 is 0. The van der Waals surface area contributed by atoms with Crippen LogP contribution in [-0.4, -0.2) is 5.11 Å². The number of phenols is 1. The van der Waals surface area contributed by atoms with Crippen LogP contribution in [0.1, 0.15) is 31.4 Å². The van der Waals surface area contributed by atoms with E-state index >= 15 is 0 Å². The molecule has 1 rings (SSSR count). The Balaban J connectivity index is 3.17. The molecule has 1 nitrogen and oxygen atoms in total. The number of phenolic OH excluding ortho intramolecular Hbond substituents is 1. The molecule has 0 amide bonds. The zero-order valence-corrected chi connectivity index (χ0v) is 8.30. The SMILES string of the molecule is C=C(C)c1c(O)cccc1CCC. The van der Waals surface area contributed by atoms with Gasteiger partial charge < -0.3 is 5.11 Å². The number of aryl methyl sites for hydroxylation is 1. The van der Waals surface area contributed by atoms with Gasteiger partial charge in [-0.05, 0) is 30.5 Å². The average molecular weight is 176 g/mol. The molecule has 0 atom stereocenters. The molecule has 0 aliphatic carbocycles. The smallest absolute Gasteiger partial charge is 0.123 e. The molecule has 1 N–H and O–H groups in total. The van der Waals surface area contributed by atoms with Crippen LogP contribution in [0, 0.1) is 0 Å². The Kier molecular flexibility index (Phi) is 3.13. The number of hydrogen-bond acceptors (Lipinski definition) is 1. The summed E-state index contributed by atoms with van der Waals surface area (Å²) in [6.45, 7) is 7.93. The second-order valence-electron chi connectivity index (χ2n) is 3.34. The lowest BCUT2D eigenvalue weighted by Crippen LogP contribution is -1.91. The van der Waals surface area contributed by atoms with Crippen molar-refractivity contribution in [3.05, 3.63) is 35.9 Å². The van der Waals surface area contributed by atoms with Gasteiger partial charge in [0.1, 0.15) is 5.75 Å². The molecule has 0 aliphatic rings. The van der Waals surface area contributed by atoms with Crippen molar-refractivity contribution < 1.29 is 5.11 Å². The molecule has 0 radical (unpaired) electrons. The van der Waals surface area contributed by atoms with E-state index in [-0.39, 0.29) is 0 Å². The van der Waals surface area contributed by atoms with E-state index in [2.05, 4.69) is 13.5 Å². The van der Waals surface area contributed by atoms with Gasteiger partial charge in [0.2, 0.25) is 0 Å². The molecule has 1 aromatic rings. The lowest BCUT2D eigenvalue weighted by molar-refractivity contribution is 0.472. The minimum atomic E-state index is 0.346. The third-order valence-corrected chi connectivity index (χ3v) is 2.07. The first-order valence-electron chi connectivity index (χ1n) is 4.63. The highest BCUT2D eigenvalue weighted by molar-refractivity contribution is 5.69. The zero-order valence-electron chi connectivity index (χ0n) is 8.30. The molecule has 0 bridgehead atoms. The summed E-state index contributed by atoms with van der Waals surface area (Å²) in [5.41, 5.74) is 3.04. The second-order valence-corrected chi connectivity index (χ2v) is 3.34. The van der Waals surface area contributed by atoms with E-state index in [1.807, 2.05) is 19.1 Å². The molecule has 0 saturated carbocycles. The van der Waals surface area contributed by atoms with Gasteiger partial charge in [0.05, 0.1) is 0 Å². The van der Waals surface area contributed by atoms with Crippen LogP contribution < -0.4 is 0 Å². The van der Waals surface area contributed by atoms with Crippen molar-refractivity contribution >= 4 is 5.57 Å². The van der Waals surface area contributed by atoms with Crippen LogP contribution in [0.3, 0.4) is 0 Å². The summed E-state index contributed by atoms with van der Waals surface area (Å²) in [4.78, 5) is 0. The van der Waals surface area contributed by atoms with Crippen LogP contribution in [0.15, 0.2) is 24.8 Å². The molecule has 0 heterocycles. The van der Waals surface area contributed by atoms with Crippen LogP contribution in [0.5, 0.6) is 5.75 Å². The van der Waals surface area contributed by atoms with E-state index in [1.165, 1.54) is 5.56 Å². The first kappa shape index (κ1) is 9.85. The molecule has 0 saturated heterocycles. The number of benzene rings is 1. The van der Waals surface area contributed by atoms with Crippen molar-refractivity contribution in [2.24, 2.45) is 0 Å². The molecule has 70 valence electrons. The fourth-order valence-electron chi connectivity index (χ4n) is 1.56. The monoisotopic (exact) mass is 176 g/mol. The molecule has 0 aliphatic heterocycles. The van der Waals surface area contributed by atoms with Crippen molar-refractivity contribution in [1.82, 2.24) is 0 Å². The summed E-state index contributed by atoms with van der Waals surface area (Å²) in [6.07, 6.45) is 2.08. The topological polar surface area (TPSA) is 20.2 Å². The van der Waals surface area contributed by atoms with Crippen molar-refractivity contribution in [3.63, 3.8) is 0 Å². The lowest BCUT2D eigenvalue weighted by atomic mass is 9.98. The van der Waals surface area contributed by atoms with Crippen LogP contribution in [0.2, 0.25) is 0 Å². The Bertz CT molecular complexity index is 313. The molecule has 0 spiro atoms. The Morgan fingerprint density at radius 2 is 2.15 bits per heavy atom. The van der Waals surface area contributed by atoms with Gasteiger partial charge >= 0.3 is 0 Å². The standard InChI is InChI=1S/C12H16O/c1-4-6-10-7-5-8-11(13)12(10)9(2)3/h5,7-8,13H,2,4,6H2,1,3H3. The van der Waals surface area contributed by atoms with Crippen molar-refractivity contribution in [2.45, 2.75) is 26.7 Å². The highest BCUT2D eigenvalue weighted by Gasteiger charge is 2.06. The Hall–Kier alpha value is -1.24. The normalized spacial score (nSPS) is 10.0. The fraction of sp³-hybridized carbons (Fsp3) is 0.333. The Morgan fingerprint density at radius 3 is 2.69 bits per heavy atom. The van der Waals surface area contributed by atoms with Crippen LogP contribution >= 0.6 is 0 Å². The van der Waals surface area contributed by atoms with E-state index in [4.69, 9.17) is 0 Å². The fourth-order valence-corrected chi connectivity index (χ4v) is 1.56. The van der Waals surface area contributed by atoms with E-state index in [1.54, 1.807) is 6.07 Å². The number of hydrogen-bond donors (Lipinski definition) is 1. The molecule has 0 aromatic heterocycles. The maximum atomic E-state index is 9.63. The van der Waals surface area contributed by atoms with Gasteiger partial charge in [-0.1, -0.05) is 32.1 Å². The van der Waals surface area contributed by atoms with E-state index in [9.17, 15) is 5.11 Å². The van der Waals surface area contributed by atoms with Gasteiger partial charge in [-0.2, -0.15) is 0 Å². The molecule has 1 heteroatoms. The summed E-state index contributed by atoms with van der Waals surface area (Å²) in [7, 11) is 0. The number of rotatable bonds is 3. The third kappa shape index (κ3) is 2.11. The first-order chi connectivity index (χ1) is 6.16. The first-order valence-corrected chi connectivity index (χ1v) is 4.63. The van der Waals surface area contributed by atoms with Crippen molar-refractivity contribution in [1.29, 1.82) is 0 Å². The maximum absolute atomic E-state index is 9.63. The van der Waals surface area contributed by atoms with Crippen LogP contribution in [0.4, 0.5) is 0 Å². The summed E-state index contributed by atoms with van der Waals surface area (Å²) in [5, 5.41) is 9.63. The molecule has 1 aromatic carbocycles. The Labute approximate surface area is 79.7 Å². The van der Waals surface area contributed by atoms with Crippen molar-refractivity contribution in [2.75, 3.05) is 0 Å². The third-order valence-electron chi connectivity index (χ3n) is 2.07. The van der Waals surface area contributed by atoms with Crippen LogP contribution in [-0.2, 0) is 6.42 Å². The van der Waals surface area contributed by atoms with E-state index in [0.717, 1.165) is 24.0 Å². The Morgan fingerprint density at radius 1 is 1.46 bits per heavy atom. The van der Waals surface area contributed by atoms with E-state index < -0.39 is 0 Å². The largest absolute Gasteiger partial charge is 0.507 e. The molecular weight excluding hydrogens is 160 g/mol. The number of allylic oxidation sites excluding steroid dienone is 1. The number of aromatic hydroxyl groups is 1. The van der Waals surface area contributed by atoms with Gasteiger partial charge in [-0.15, -0.1) is 0 Å². The van der Waals surface area contributed by atoms with Gasteiger partial charge in [0, 0.05) is 5.56 Å². The van der Waals surface area contributed by atoms with Gasteiger partial charge in [0.25, 0.3) is 0 Å². The predicted octanol–water partition coefficient (Wildman–Crippen LogP) is 3.38. The summed E-state index contributed by atoms with van der Waals surface area (Å²) < 4.78 is 0. The minimum Gasteiger partial charge on any atom is -0.507 e.